The summed E-state index contributed by atoms with van der Waals surface area (Å²) in [6, 6.07) is 1.78. The number of Topliss-reactive ketones (excluding diaryl/α,β-unsaturated/α-hetero) is 2. The van der Waals surface area contributed by atoms with Gasteiger partial charge in [0, 0.05) is 30.6 Å². The fourth-order valence-electron chi connectivity index (χ4n) is 6.10. The largest absolute Gasteiger partial charge is 0.508 e. The highest BCUT2D eigenvalue weighted by atomic mass is 16.3. The van der Waals surface area contributed by atoms with Gasteiger partial charge < -0.3 is 36.6 Å². The van der Waals surface area contributed by atoms with Gasteiger partial charge in [-0.25, -0.2) is 0 Å². The quantitative estimate of drug-likeness (QED) is 0.251. The number of likely N-dealkylation sites (N-methyl/N-ethyl adjacent to an activating group) is 1. The van der Waals surface area contributed by atoms with Crippen molar-refractivity contribution in [1.29, 1.82) is 0 Å². The number of aliphatic hydroxyl groups excluding tert-OH is 3. The van der Waals surface area contributed by atoms with Gasteiger partial charge in [0.1, 0.15) is 22.8 Å². The summed E-state index contributed by atoms with van der Waals surface area (Å²) in [5.74, 6) is -8.55. The molecule has 0 aliphatic heterocycles. The van der Waals surface area contributed by atoms with Gasteiger partial charge in [-0.3, -0.25) is 19.3 Å². The second-order valence-electron chi connectivity index (χ2n) is 9.53. The maximum absolute atomic E-state index is 13.9. The molecule has 0 bridgehead atoms. The van der Waals surface area contributed by atoms with Gasteiger partial charge >= 0.3 is 0 Å². The molecule has 1 aromatic carbocycles. The number of amides is 1. The van der Waals surface area contributed by atoms with Crippen LogP contribution in [0.1, 0.15) is 16.7 Å². The van der Waals surface area contributed by atoms with E-state index in [-0.39, 0.29) is 23.3 Å². The Morgan fingerprint density at radius 3 is 2.43 bits per heavy atom. The molecular weight excluding hydrogens is 458 g/mol. The lowest BCUT2D eigenvalue weighted by Gasteiger charge is -2.54. The molecule has 11 nitrogen and oxygen atoms in total. The Kier molecular flexibility index (Phi) is 6.00. The molecular formula is C24H29N3O8. The van der Waals surface area contributed by atoms with Gasteiger partial charge in [-0.1, -0.05) is 6.07 Å². The molecule has 0 radical (unpaired) electrons. The number of nitrogens with one attached hydrogen (secondary N) is 1. The predicted octanol–water partition coefficient (Wildman–Crippen LogP) is -1.10. The SMILES string of the molecule is CNCc1ccc(O)c2c1C[C@@H]1C(=C2O)C(=O)[C@]2(O)C(O)=C(C(N)=O)C(=O)[C@@H](N(C)C)[C@@H]2[C@@H]1CO. The van der Waals surface area contributed by atoms with Crippen molar-refractivity contribution in [2.75, 3.05) is 27.7 Å². The van der Waals surface area contributed by atoms with Crippen LogP contribution in [0.25, 0.3) is 5.76 Å². The summed E-state index contributed by atoms with van der Waals surface area (Å²) in [5, 5.41) is 57.9. The molecule has 1 saturated carbocycles. The topological polar surface area (TPSA) is 194 Å². The number of carbonyl (C=O) groups is 3. The Labute approximate surface area is 201 Å². The average molecular weight is 488 g/mol. The lowest BCUT2D eigenvalue weighted by atomic mass is 9.53. The maximum atomic E-state index is 13.9. The second kappa shape index (κ2) is 8.45. The van der Waals surface area contributed by atoms with E-state index in [9.17, 15) is 39.9 Å². The Bertz CT molecular complexity index is 1200. The van der Waals surface area contributed by atoms with Crippen LogP contribution in [0.4, 0.5) is 0 Å². The van der Waals surface area contributed by atoms with Gasteiger partial charge in [-0.05, 0) is 50.7 Å². The Morgan fingerprint density at radius 2 is 1.89 bits per heavy atom. The van der Waals surface area contributed by atoms with Crippen molar-refractivity contribution >= 4 is 23.2 Å². The summed E-state index contributed by atoms with van der Waals surface area (Å²) in [7, 11) is 4.74. The number of aromatic hydroxyl groups is 1. The van der Waals surface area contributed by atoms with E-state index in [4.69, 9.17) is 5.73 Å². The molecule has 3 aliphatic carbocycles. The summed E-state index contributed by atoms with van der Waals surface area (Å²) in [6.07, 6.45) is 0.116. The Balaban J connectivity index is 2.05. The third-order valence-corrected chi connectivity index (χ3v) is 7.56. The summed E-state index contributed by atoms with van der Waals surface area (Å²) >= 11 is 0. The van der Waals surface area contributed by atoms with Gasteiger partial charge in [0.05, 0.1) is 11.6 Å². The lowest BCUT2D eigenvalue weighted by molar-refractivity contribution is -0.162. The van der Waals surface area contributed by atoms with Crippen molar-refractivity contribution in [3.8, 4) is 5.75 Å². The molecule has 11 heteroatoms. The van der Waals surface area contributed by atoms with Crippen LogP contribution in [-0.2, 0) is 27.3 Å². The third-order valence-electron chi connectivity index (χ3n) is 7.56. The molecule has 3 aliphatic rings. The van der Waals surface area contributed by atoms with Crippen molar-refractivity contribution in [3.05, 3.63) is 45.7 Å². The van der Waals surface area contributed by atoms with Crippen LogP contribution in [0.15, 0.2) is 29.0 Å². The minimum atomic E-state index is -2.81. The highest BCUT2D eigenvalue weighted by Crippen LogP contribution is 2.55. The number of ketones is 2. The molecule has 5 atom stereocenters. The van der Waals surface area contributed by atoms with Crippen molar-refractivity contribution in [1.82, 2.24) is 10.2 Å². The smallest absolute Gasteiger partial charge is 0.255 e. The van der Waals surface area contributed by atoms with Gasteiger partial charge in [0.25, 0.3) is 5.91 Å². The fraction of sp³-hybridized carbons (Fsp3) is 0.458. The minimum absolute atomic E-state index is 0.0192. The first-order valence-electron chi connectivity index (χ1n) is 11.2. The molecule has 0 unspecified atom stereocenters. The predicted molar refractivity (Wildman–Crippen MR) is 123 cm³/mol. The van der Waals surface area contributed by atoms with Crippen LogP contribution in [0.3, 0.4) is 0 Å². The molecule has 35 heavy (non-hydrogen) atoms. The fourth-order valence-corrected chi connectivity index (χ4v) is 6.10. The number of aliphatic hydroxyl groups is 4. The highest BCUT2D eigenvalue weighted by molar-refractivity contribution is 6.24. The molecule has 1 aromatic rings. The Hall–Kier alpha value is -3.25. The zero-order valence-electron chi connectivity index (χ0n) is 19.6. The van der Waals surface area contributed by atoms with Crippen molar-refractivity contribution < 1.29 is 39.9 Å². The van der Waals surface area contributed by atoms with E-state index in [1.165, 1.54) is 25.1 Å². The molecule has 0 spiro atoms. The van der Waals surface area contributed by atoms with Gasteiger partial charge in [0.2, 0.25) is 5.78 Å². The molecule has 1 amide bonds. The maximum Gasteiger partial charge on any atom is 0.255 e. The van der Waals surface area contributed by atoms with Crippen molar-refractivity contribution in [2.24, 2.45) is 23.5 Å². The third kappa shape index (κ3) is 3.23. The highest BCUT2D eigenvalue weighted by Gasteiger charge is 2.67. The van der Waals surface area contributed by atoms with E-state index in [1.807, 2.05) is 0 Å². The van der Waals surface area contributed by atoms with Crippen LogP contribution in [0, 0.1) is 17.8 Å². The number of phenolic OH excluding ortho intramolecular Hbond substituents is 1. The molecule has 8 N–H and O–H groups in total. The summed E-state index contributed by atoms with van der Waals surface area (Å²) in [4.78, 5) is 40.5. The van der Waals surface area contributed by atoms with Gasteiger partial charge in [-0.2, -0.15) is 0 Å². The molecule has 0 heterocycles. The summed E-state index contributed by atoms with van der Waals surface area (Å²) in [6.45, 7) is -0.207. The second-order valence-corrected chi connectivity index (χ2v) is 9.53. The number of fused-ring (bicyclic) bond motifs is 3. The van der Waals surface area contributed by atoms with Crippen LogP contribution >= 0.6 is 0 Å². The summed E-state index contributed by atoms with van der Waals surface area (Å²) < 4.78 is 0. The monoisotopic (exact) mass is 487 g/mol. The normalized spacial score (nSPS) is 30.3. The number of hydrogen-bond donors (Lipinski definition) is 7. The number of primary amides is 1. The van der Waals surface area contributed by atoms with E-state index in [2.05, 4.69) is 5.32 Å². The van der Waals surface area contributed by atoms with Crippen LogP contribution in [0.5, 0.6) is 5.75 Å². The van der Waals surface area contributed by atoms with Crippen molar-refractivity contribution in [3.63, 3.8) is 0 Å². The zero-order valence-corrected chi connectivity index (χ0v) is 19.6. The van der Waals surface area contributed by atoms with Crippen LogP contribution < -0.4 is 11.1 Å². The number of nitrogens with two attached hydrogens (primary N) is 1. The lowest BCUT2D eigenvalue weighted by Crippen LogP contribution is -2.69. The van der Waals surface area contributed by atoms with Crippen molar-refractivity contribution in [2.45, 2.75) is 24.6 Å². The van der Waals surface area contributed by atoms with E-state index in [0.29, 0.717) is 12.1 Å². The van der Waals surface area contributed by atoms with Crippen LogP contribution in [-0.4, -0.2) is 87.3 Å². The first kappa shape index (κ1) is 24.9. The van der Waals surface area contributed by atoms with Gasteiger partial charge in [0.15, 0.2) is 11.4 Å². The number of rotatable bonds is 5. The first-order chi connectivity index (χ1) is 16.4. The zero-order chi connectivity index (χ0) is 26.0. The molecule has 0 aromatic heterocycles. The molecule has 188 valence electrons. The van der Waals surface area contributed by atoms with E-state index in [0.717, 1.165) is 5.56 Å². The average Bonchev–Trinajstić information content (AvgIpc) is 2.78. The van der Waals surface area contributed by atoms with E-state index in [1.54, 1.807) is 13.1 Å². The molecule has 0 saturated heterocycles. The first-order valence-corrected chi connectivity index (χ1v) is 11.2. The number of carbonyl (C=O) groups excluding carboxylic acids is 3. The minimum Gasteiger partial charge on any atom is -0.508 e. The van der Waals surface area contributed by atoms with E-state index >= 15 is 0 Å². The van der Waals surface area contributed by atoms with Crippen LogP contribution in [0.2, 0.25) is 0 Å². The number of nitrogens with zero attached hydrogens (tertiary/aromatic N) is 1. The standard InChI is InChI=1S/C24H29N3O8/c1-26-7-9-4-5-13(29)14-10(9)6-11-12(8-28)17-18(27(2)3)20(31)16(23(25)34)22(33)24(17,35)21(32)15(11)19(14)30/h4-5,11-12,17-18,26,28-30,33,35H,6-8H2,1-3H3,(H2,25,34)/t11-,12+,17-,18-,24-/m0/s1. The molecule has 4 rings (SSSR count). The molecule has 1 fully saturated rings. The Morgan fingerprint density at radius 1 is 1.23 bits per heavy atom. The van der Waals surface area contributed by atoms with E-state index < -0.39 is 70.6 Å². The number of phenols is 1. The summed E-state index contributed by atoms with van der Waals surface area (Å²) in [5.41, 5.74) is 2.64. The number of hydrogen-bond acceptors (Lipinski definition) is 10. The number of benzene rings is 1. The van der Waals surface area contributed by atoms with Gasteiger partial charge in [-0.15, -0.1) is 0 Å².